The molecule has 1 saturated heterocycles. The maximum atomic E-state index is 13.2. The van der Waals surface area contributed by atoms with Crippen molar-refractivity contribution in [1.29, 1.82) is 0 Å². The van der Waals surface area contributed by atoms with Gasteiger partial charge in [-0.25, -0.2) is 8.78 Å². The first kappa shape index (κ1) is 14.1. The number of hydrogen-bond donors (Lipinski definition) is 2. The van der Waals surface area contributed by atoms with Crippen molar-refractivity contribution in [1.82, 2.24) is 0 Å². The number of halogens is 2. The van der Waals surface area contributed by atoms with Gasteiger partial charge in [0.15, 0.2) is 0 Å². The molecule has 0 aliphatic carbocycles. The third kappa shape index (κ3) is 3.15. The van der Waals surface area contributed by atoms with Gasteiger partial charge in [-0.05, 0) is 31.0 Å². The summed E-state index contributed by atoms with van der Waals surface area (Å²) in [5.41, 5.74) is 6.40. The molecule has 0 bridgehead atoms. The predicted octanol–water partition coefficient (Wildman–Crippen LogP) is 2.95. The number of rotatable bonds is 3. The number of benzene rings is 1. The van der Waals surface area contributed by atoms with Crippen molar-refractivity contribution in [2.75, 3.05) is 23.8 Å². The molecule has 0 spiro atoms. The summed E-state index contributed by atoms with van der Waals surface area (Å²) in [6, 6.07) is 4.54. The monoisotopic (exact) mass is 270 g/mol. The molecule has 1 fully saturated rings. The Bertz CT molecular complexity index is 426. The Labute approximate surface area is 112 Å². The summed E-state index contributed by atoms with van der Waals surface area (Å²) >= 11 is 0. The molecule has 19 heavy (non-hydrogen) atoms. The minimum absolute atomic E-state index is 0.00689. The van der Waals surface area contributed by atoms with E-state index in [1.807, 2.05) is 4.90 Å². The molecule has 3 N–H and O–H groups in total. The zero-order chi connectivity index (χ0) is 13.8. The van der Waals surface area contributed by atoms with E-state index in [9.17, 15) is 13.9 Å². The minimum atomic E-state index is -2.55. The summed E-state index contributed by atoms with van der Waals surface area (Å²) in [7, 11) is 0. The third-order valence-corrected chi connectivity index (χ3v) is 3.68. The number of aliphatic hydroxyl groups is 1. The molecule has 1 atom stereocenters. The van der Waals surface area contributed by atoms with E-state index in [0.717, 1.165) is 25.7 Å². The van der Waals surface area contributed by atoms with Gasteiger partial charge in [0.05, 0.1) is 12.6 Å². The van der Waals surface area contributed by atoms with Gasteiger partial charge in [0.2, 0.25) is 0 Å². The second kappa shape index (κ2) is 6.19. The first-order valence-corrected chi connectivity index (χ1v) is 6.68. The van der Waals surface area contributed by atoms with Crippen LogP contribution in [0.15, 0.2) is 18.2 Å². The van der Waals surface area contributed by atoms with Crippen LogP contribution < -0.4 is 10.6 Å². The number of nitrogens with zero attached hydrogens (tertiary/aromatic N) is 1. The Morgan fingerprint density at radius 2 is 2.11 bits per heavy atom. The van der Waals surface area contributed by atoms with Crippen molar-refractivity contribution in [3.05, 3.63) is 23.8 Å². The van der Waals surface area contributed by atoms with Gasteiger partial charge in [0.25, 0.3) is 6.43 Å². The lowest BCUT2D eigenvalue weighted by Crippen LogP contribution is -2.38. The molecule has 106 valence electrons. The van der Waals surface area contributed by atoms with Gasteiger partial charge in [0.1, 0.15) is 0 Å². The molecule has 1 aliphatic rings. The molecule has 0 amide bonds. The zero-order valence-corrected chi connectivity index (χ0v) is 10.9. The number of hydrogen-bond acceptors (Lipinski definition) is 3. The van der Waals surface area contributed by atoms with Crippen LogP contribution in [0.3, 0.4) is 0 Å². The average Bonchev–Trinajstić information content (AvgIpc) is 2.63. The van der Waals surface area contributed by atoms with Crippen molar-refractivity contribution < 1.29 is 13.9 Å². The Balaban J connectivity index is 2.37. The van der Waals surface area contributed by atoms with E-state index in [1.165, 1.54) is 6.07 Å². The summed E-state index contributed by atoms with van der Waals surface area (Å²) in [6.07, 6.45) is 1.35. The lowest BCUT2D eigenvalue weighted by atomic mass is 10.1. The molecule has 3 nitrogen and oxygen atoms in total. The summed E-state index contributed by atoms with van der Waals surface area (Å²) in [4.78, 5) is 1.91. The summed E-state index contributed by atoms with van der Waals surface area (Å²) < 4.78 is 26.3. The van der Waals surface area contributed by atoms with Crippen molar-refractivity contribution >= 4 is 11.4 Å². The molecule has 2 rings (SSSR count). The van der Waals surface area contributed by atoms with Crippen LogP contribution in [0.1, 0.15) is 37.7 Å². The van der Waals surface area contributed by atoms with Crippen LogP contribution in [-0.2, 0) is 0 Å². The molecular weight excluding hydrogens is 250 g/mol. The van der Waals surface area contributed by atoms with E-state index < -0.39 is 6.43 Å². The van der Waals surface area contributed by atoms with Crippen LogP contribution in [0, 0.1) is 0 Å². The van der Waals surface area contributed by atoms with Crippen LogP contribution in [0.25, 0.3) is 0 Å². The van der Waals surface area contributed by atoms with Crippen LogP contribution in [0.2, 0.25) is 0 Å². The largest absolute Gasteiger partial charge is 0.399 e. The Morgan fingerprint density at radius 1 is 1.32 bits per heavy atom. The van der Waals surface area contributed by atoms with Gasteiger partial charge in [-0.15, -0.1) is 0 Å². The van der Waals surface area contributed by atoms with Gasteiger partial charge < -0.3 is 15.7 Å². The van der Waals surface area contributed by atoms with Crippen molar-refractivity contribution in [2.45, 2.75) is 38.2 Å². The van der Waals surface area contributed by atoms with Gasteiger partial charge >= 0.3 is 0 Å². The molecule has 1 unspecified atom stereocenters. The second-order valence-electron chi connectivity index (χ2n) is 5.00. The van der Waals surface area contributed by atoms with Crippen LogP contribution in [0.5, 0.6) is 0 Å². The summed E-state index contributed by atoms with van der Waals surface area (Å²) in [5, 5.41) is 9.48. The van der Waals surface area contributed by atoms with E-state index in [0.29, 0.717) is 17.9 Å². The Hall–Kier alpha value is -1.36. The lowest BCUT2D eigenvalue weighted by Gasteiger charge is -2.32. The van der Waals surface area contributed by atoms with Crippen molar-refractivity contribution in [3.63, 3.8) is 0 Å². The third-order valence-electron chi connectivity index (χ3n) is 3.68. The smallest absolute Gasteiger partial charge is 0.265 e. The number of nitrogen functional groups attached to an aromatic ring is 1. The highest BCUT2D eigenvalue weighted by molar-refractivity contribution is 5.61. The molecule has 0 saturated carbocycles. The van der Waals surface area contributed by atoms with Crippen LogP contribution in [0.4, 0.5) is 20.2 Å². The van der Waals surface area contributed by atoms with Gasteiger partial charge in [-0.1, -0.05) is 12.8 Å². The highest BCUT2D eigenvalue weighted by atomic mass is 19.3. The molecule has 1 aliphatic heterocycles. The maximum Gasteiger partial charge on any atom is 0.265 e. The number of anilines is 2. The Morgan fingerprint density at radius 3 is 2.79 bits per heavy atom. The van der Waals surface area contributed by atoms with E-state index in [2.05, 4.69) is 0 Å². The summed E-state index contributed by atoms with van der Waals surface area (Å²) in [6.45, 7) is 0.696. The number of aliphatic hydroxyl groups excluding tert-OH is 1. The highest BCUT2D eigenvalue weighted by Crippen LogP contribution is 2.34. The fourth-order valence-corrected chi connectivity index (χ4v) is 2.69. The molecule has 5 heteroatoms. The topological polar surface area (TPSA) is 49.5 Å². The molecule has 0 radical (unpaired) electrons. The fraction of sp³-hybridized carbons (Fsp3) is 0.571. The molecule has 1 aromatic carbocycles. The van der Waals surface area contributed by atoms with Crippen LogP contribution >= 0.6 is 0 Å². The molecule has 1 heterocycles. The zero-order valence-electron chi connectivity index (χ0n) is 10.9. The predicted molar refractivity (Wildman–Crippen MR) is 72.5 cm³/mol. The standard InChI is InChI=1S/C14H20F2N2O/c15-14(16)12-8-10(17)5-6-13(12)18-7-3-1-2-4-11(18)9-19/h5-6,8,11,14,19H,1-4,7,9,17H2. The van der Waals surface area contributed by atoms with Gasteiger partial charge in [0, 0.05) is 23.5 Å². The normalized spacial score (nSPS) is 20.6. The van der Waals surface area contributed by atoms with E-state index >= 15 is 0 Å². The van der Waals surface area contributed by atoms with Gasteiger partial charge in [-0.3, -0.25) is 0 Å². The van der Waals surface area contributed by atoms with E-state index in [1.54, 1.807) is 12.1 Å². The van der Waals surface area contributed by atoms with Crippen LogP contribution in [-0.4, -0.2) is 24.3 Å². The first-order valence-electron chi connectivity index (χ1n) is 6.68. The summed E-state index contributed by atoms with van der Waals surface area (Å²) in [5.74, 6) is 0. The number of nitrogens with two attached hydrogens (primary N) is 1. The fourth-order valence-electron chi connectivity index (χ4n) is 2.69. The molecule has 0 aromatic heterocycles. The van der Waals surface area contributed by atoms with Crippen molar-refractivity contribution in [3.8, 4) is 0 Å². The van der Waals surface area contributed by atoms with Crippen molar-refractivity contribution in [2.24, 2.45) is 0 Å². The van der Waals surface area contributed by atoms with E-state index in [-0.39, 0.29) is 18.2 Å². The number of alkyl halides is 2. The quantitative estimate of drug-likeness (QED) is 0.830. The molecule has 1 aromatic rings. The van der Waals surface area contributed by atoms with E-state index in [4.69, 9.17) is 5.73 Å². The highest BCUT2D eigenvalue weighted by Gasteiger charge is 2.25. The lowest BCUT2D eigenvalue weighted by molar-refractivity contribution is 0.151. The SMILES string of the molecule is Nc1ccc(N2CCCCCC2CO)c(C(F)F)c1. The first-order chi connectivity index (χ1) is 9.13. The maximum absolute atomic E-state index is 13.2. The minimum Gasteiger partial charge on any atom is -0.399 e. The second-order valence-corrected chi connectivity index (χ2v) is 5.00. The average molecular weight is 270 g/mol. The molecular formula is C14H20F2N2O. The Kier molecular flexibility index (Phi) is 4.58. The van der Waals surface area contributed by atoms with Gasteiger partial charge in [-0.2, -0.15) is 0 Å².